The number of nitrogens with one attached hydrogen (secondary N) is 1. The lowest BCUT2D eigenvalue weighted by atomic mass is 10.1. The molecule has 0 spiro atoms. The van der Waals surface area contributed by atoms with E-state index in [0.29, 0.717) is 5.56 Å². The SMILES string of the molecule is COc1cc(C(=O)NC(C)c2ccccc2)cc(OC)c1OCC(N)=O. The Labute approximate surface area is 152 Å². The van der Waals surface area contributed by atoms with Gasteiger partial charge in [-0.05, 0) is 24.6 Å². The Morgan fingerprint density at radius 3 is 2.15 bits per heavy atom. The first-order valence-electron chi connectivity index (χ1n) is 7.99. The number of primary amides is 1. The maximum Gasteiger partial charge on any atom is 0.255 e. The highest BCUT2D eigenvalue weighted by molar-refractivity contribution is 5.96. The van der Waals surface area contributed by atoms with Crippen LogP contribution in [0.3, 0.4) is 0 Å². The van der Waals surface area contributed by atoms with E-state index in [9.17, 15) is 9.59 Å². The zero-order chi connectivity index (χ0) is 19.1. The van der Waals surface area contributed by atoms with Gasteiger partial charge in [0.25, 0.3) is 11.8 Å². The number of carbonyl (C=O) groups is 2. The first-order chi connectivity index (χ1) is 12.5. The first-order valence-corrected chi connectivity index (χ1v) is 7.99. The van der Waals surface area contributed by atoms with Gasteiger partial charge in [-0.3, -0.25) is 9.59 Å². The Bertz CT molecular complexity index is 752. The molecule has 0 radical (unpaired) electrons. The van der Waals surface area contributed by atoms with Crippen molar-refractivity contribution in [3.05, 3.63) is 53.6 Å². The fraction of sp³-hybridized carbons (Fsp3) is 0.263. The molecule has 7 heteroatoms. The van der Waals surface area contributed by atoms with Gasteiger partial charge in [0.05, 0.1) is 20.3 Å². The minimum atomic E-state index is -0.632. The number of rotatable bonds is 8. The van der Waals surface area contributed by atoms with Crippen LogP contribution < -0.4 is 25.3 Å². The van der Waals surface area contributed by atoms with Gasteiger partial charge < -0.3 is 25.3 Å². The lowest BCUT2D eigenvalue weighted by molar-refractivity contribution is -0.120. The summed E-state index contributed by atoms with van der Waals surface area (Å²) in [5.74, 6) is -0.181. The summed E-state index contributed by atoms with van der Waals surface area (Å²) in [6.45, 7) is 1.56. The van der Waals surface area contributed by atoms with Gasteiger partial charge in [0, 0.05) is 5.56 Å². The number of methoxy groups -OCH3 is 2. The standard InChI is InChI=1S/C19H22N2O5/c1-12(13-7-5-4-6-8-13)21-19(23)14-9-15(24-2)18(16(10-14)25-3)26-11-17(20)22/h4-10,12H,11H2,1-3H3,(H2,20,22)(H,21,23). The number of hydrogen-bond acceptors (Lipinski definition) is 5. The Kier molecular flexibility index (Phi) is 6.43. The zero-order valence-electron chi connectivity index (χ0n) is 14.9. The molecule has 0 saturated heterocycles. The molecule has 0 aliphatic carbocycles. The molecule has 1 atom stereocenters. The van der Waals surface area contributed by atoms with Crippen LogP contribution in [0.5, 0.6) is 17.2 Å². The highest BCUT2D eigenvalue weighted by Gasteiger charge is 2.19. The number of ether oxygens (including phenoxy) is 3. The molecule has 2 rings (SSSR count). The van der Waals surface area contributed by atoms with E-state index in [4.69, 9.17) is 19.9 Å². The third-order valence-electron chi connectivity index (χ3n) is 3.73. The van der Waals surface area contributed by atoms with E-state index in [1.807, 2.05) is 37.3 Å². The van der Waals surface area contributed by atoms with Crippen molar-refractivity contribution in [1.29, 1.82) is 0 Å². The van der Waals surface area contributed by atoms with Crippen LogP contribution in [0.1, 0.15) is 28.9 Å². The molecule has 0 bridgehead atoms. The molecule has 0 heterocycles. The van der Waals surface area contributed by atoms with Crippen molar-refractivity contribution in [3.8, 4) is 17.2 Å². The van der Waals surface area contributed by atoms with Crippen molar-refractivity contribution in [1.82, 2.24) is 5.32 Å². The number of amides is 2. The monoisotopic (exact) mass is 358 g/mol. The Balaban J connectivity index is 2.25. The Hall–Kier alpha value is -3.22. The van der Waals surface area contributed by atoms with Crippen LogP contribution in [0.2, 0.25) is 0 Å². The molecule has 1 unspecified atom stereocenters. The molecule has 2 amide bonds. The van der Waals surface area contributed by atoms with Gasteiger partial charge in [-0.2, -0.15) is 0 Å². The van der Waals surface area contributed by atoms with Crippen LogP contribution in [-0.4, -0.2) is 32.6 Å². The molecule has 0 saturated carbocycles. The summed E-state index contributed by atoms with van der Waals surface area (Å²) < 4.78 is 15.9. The van der Waals surface area contributed by atoms with E-state index in [-0.39, 0.29) is 35.8 Å². The fourth-order valence-electron chi connectivity index (χ4n) is 2.40. The van der Waals surface area contributed by atoms with Crippen LogP contribution in [0.15, 0.2) is 42.5 Å². The summed E-state index contributed by atoms with van der Waals surface area (Å²) in [7, 11) is 2.86. The average molecular weight is 358 g/mol. The number of hydrogen-bond donors (Lipinski definition) is 2. The van der Waals surface area contributed by atoms with Crippen molar-refractivity contribution in [2.24, 2.45) is 5.73 Å². The summed E-state index contributed by atoms with van der Waals surface area (Å²) in [5.41, 5.74) is 6.43. The molecule has 2 aromatic rings. The summed E-state index contributed by atoms with van der Waals surface area (Å²) in [4.78, 5) is 23.6. The van der Waals surface area contributed by atoms with Gasteiger partial charge in [-0.1, -0.05) is 30.3 Å². The van der Waals surface area contributed by atoms with Gasteiger partial charge >= 0.3 is 0 Å². The predicted molar refractivity (Wildman–Crippen MR) is 96.6 cm³/mol. The van der Waals surface area contributed by atoms with Crippen molar-refractivity contribution < 1.29 is 23.8 Å². The number of benzene rings is 2. The van der Waals surface area contributed by atoms with Crippen molar-refractivity contribution >= 4 is 11.8 Å². The topological polar surface area (TPSA) is 99.9 Å². The van der Waals surface area contributed by atoms with Crippen LogP contribution in [0.25, 0.3) is 0 Å². The second-order valence-corrected chi connectivity index (χ2v) is 5.57. The first kappa shape index (κ1) is 19.1. The van der Waals surface area contributed by atoms with Crippen LogP contribution in [0.4, 0.5) is 0 Å². The van der Waals surface area contributed by atoms with Gasteiger partial charge in [-0.25, -0.2) is 0 Å². The van der Waals surface area contributed by atoms with Crippen molar-refractivity contribution in [3.63, 3.8) is 0 Å². The average Bonchev–Trinajstić information content (AvgIpc) is 2.65. The summed E-state index contributed by atoms with van der Waals surface area (Å²) in [5, 5.41) is 2.92. The molecule has 0 aromatic heterocycles. The quantitative estimate of drug-likeness (QED) is 0.752. The third kappa shape index (κ3) is 4.66. The second-order valence-electron chi connectivity index (χ2n) is 5.57. The van der Waals surface area contributed by atoms with E-state index >= 15 is 0 Å². The van der Waals surface area contributed by atoms with Gasteiger partial charge in [0.2, 0.25) is 5.75 Å². The van der Waals surface area contributed by atoms with Crippen molar-refractivity contribution in [2.75, 3.05) is 20.8 Å². The normalized spacial score (nSPS) is 11.3. The van der Waals surface area contributed by atoms with E-state index in [2.05, 4.69) is 5.32 Å². The molecular weight excluding hydrogens is 336 g/mol. The van der Waals surface area contributed by atoms with Gasteiger partial charge in [-0.15, -0.1) is 0 Å². The summed E-state index contributed by atoms with van der Waals surface area (Å²) >= 11 is 0. The molecule has 138 valence electrons. The lowest BCUT2D eigenvalue weighted by Crippen LogP contribution is -2.26. The highest BCUT2D eigenvalue weighted by atomic mass is 16.5. The number of nitrogens with two attached hydrogens (primary N) is 1. The maximum absolute atomic E-state index is 12.6. The van der Waals surface area contributed by atoms with E-state index in [1.54, 1.807) is 0 Å². The minimum Gasteiger partial charge on any atom is -0.493 e. The van der Waals surface area contributed by atoms with Crippen molar-refractivity contribution in [2.45, 2.75) is 13.0 Å². The number of carbonyl (C=O) groups excluding carboxylic acids is 2. The molecule has 0 aliphatic heterocycles. The Morgan fingerprint density at radius 1 is 1.08 bits per heavy atom. The molecule has 7 nitrogen and oxygen atoms in total. The molecule has 3 N–H and O–H groups in total. The highest BCUT2D eigenvalue weighted by Crippen LogP contribution is 2.38. The summed E-state index contributed by atoms with van der Waals surface area (Å²) in [6.07, 6.45) is 0. The largest absolute Gasteiger partial charge is 0.493 e. The molecule has 26 heavy (non-hydrogen) atoms. The van der Waals surface area contributed by atoms with E-state index < -0.39 is 5.91 Å². The van der Waals surface area contributed by atoms with Crippen LogP contribution in [0, 0.1) is 0 Å². The predicted octanol–water partition coefficient (Wildman–Crippen LogP) is 2.06. The molecule has 0 aliphatic rings. The molecule has 0 fully saturated rings. The fourth-order valence-corrected chi connectivity index (χ4v) is 2.40. The summed E-state index contributed by atoms with van der Waals surface area (Å²) in [6, 6.07) is 12.5. The molecular formula is C19H22N2O5. The third-order valence-corrected chi connectivity index (χ3v) is 3.73. The van der Waals surface area contributed by atoms with Gasteiger partial charge in [0.15, 0.2) is 18.1 Å². The van der Waals surface area contributed by atoms with Crippen LogP contribution >= 0.6 is 0 Å². The lowest BCUT2D eigenvalue weighted by Gasteiger charge is -2.17. The van der Waals surface area contributed by atoms with Gasteiger partial charge in [0.1, 0.15) is 0 Å². The van der Waals surface area contributed by atoms with E-state index in [0.717, 1.165) is 5.56 Å². The smallest absolute Gasteiger partial charge is 0.255 e. The minimum absolute atomic E-state index is 0.175. The zero-order valence-corrected chi connectivity index (χ0v) is 14.9. The second kappa shape index (κ2) is 8.75. The van der Waals surface area contributed by atoms with Crippen LogP contribution in [-0.2, 0) is 4.79 Å². The maximum atomic E-state index is 12.6. The Morgan fingerprint density at radius 2 is 1.65 bits per heavy atom. The van der Waals surface area contributed by atoms with E-state index in [1.165, 1.54) is 26.4 Å². The molecule has 2 aromatic carbocycles.